The zero-order valence-electron chi connectivity index (χ0n) is 10.7. The predicted molar refractivity (Wildman–Crippen MR) is 70.4 cm³/mol. The first-order valence-electron chi connectivity index (χ1n) is 5.30. The second-order valence-corrected chi connectivity index (χ2v) is 7.34. The molecule has 8 heteroatoms. The average molecular weight is 320 g/mol. The van der Waals surface area contributed by atoms with Crippen molar-refractivity contribution in [2.75, 3.05) is 0 Å². The summed E-state index contributed by atoms with van der Waals surface area (Å²) in [5, 5.41) is 0. The summed E-state index contributed by atoms with van der Waals surface area (Å²) in [6.07, 6.45) is 0. The van der Waals surface area contributed by atoms with Crippen LogP contribution in [0.2, 0.25) is 0 Å². The minimum absolute atomic E-state index is 0. The Balaban J connectivity index is 0.00000200. The fraction of sp³-hybridized carbons (Fsp3) is 0. The van der Waals surface area contributed by atoms with E-state index in [-0.39, 0.29) is 39.3 Å². The van der Waals surface area contributed by atoms with Gasteiger partial charge in [-0.3, -0.25) is 0 Å². The minimum Gasteiger partial charge on any atom is -0.206 e. The van der Waals surface area contributed by atoms with Crippen molar-refractivity contribution in [1.29, 1.82) is 0 Å². The van der Waals surface area contributed by atoms with Crippen molar-refractivity contribution in [2.24, 2.45) is 0 Å². The maximum atomic E-state index is 11.9. The third-order valence-electron chi connectivity index (χ3n) is 2.33. The zero-order valence-corrected chi connectivity index (χ0v) is 14.4. The van der Waals surface area contributed by atoms with Crippen molar-refractivity contribution in [3.63, 3.8) is 0 Å². The molecule has 0 amide bonds. The fourth-order valence-corrected chi connectivity index (χ4v) is 4.40. The Kier molecular flexibility index (Phi) is 5.93. The quantitative estimate of drug-likeness (QED) is 0.685. The number of hydrogen-bond acceptors (Lipinski definition) is 4. The molecule has 0 fully saturated rings. The maximum absolute atomic E-state index is 11.9. The molecule has 1 N–H and O–H groups in total. The van der Waals surface area contributed by atoms with Crippen LogP contribution in [0.4, 0.5) is 0 Å². The second kappa shape index (κ2) is 6.84. The normalized spacial score (nSPS) is 11.6. The molecule has 0 atom stereocenters. The van der Waals surface area contributed by atoms with Crippen molar-refractivity contribution in [3.8, 4) is 0 Å². The van der Waals surface area contributed by atoms with Gasteiger partial charge in [0, 0.05) is 0 Å². The second-order valence-electron chi connectivity index (χ2n) is 3.72. The summed E-state index contributed by atoms with van der Waals surface area (Å²) in [5.41, 5.74) is 0. The summed E-state index contributed by atoms with van der Waals surface area (Å²) in [7, 11) is -8.21. The van der Waals surface area contributed by atoms with E-state index in [9.17, 15) is 16.8 Å². The number of benzene rings is 2. The average Bonchev–Trinajstić information content (AvgIpc) is 2.40. The van der Waals surface area contributed by atoms with Gasteiger partial charge in [-0.2, -0.15) is 0 Å². The first-order chi connectivity index (χ1) is 8.92. The van der Waals surface area contributed by atoms with Gasteiger partial charge in [-0.15, -0.1) is 4.13 Å². The molecule has 0 saturated heterocycles. The molecule has 0 unspecified atom stereocenters. The van der Waals surface area contributed by atoms with Crippen molar-refractivity contribution in [3.05, 3.63) is 60.7 Å². The van der Waals surface area contributed by atoms with Crippen LogP contribution in [0.5, 0.6) is 0 Å². The summed E-state index contributed by atoms with van der Waals surface area (Å²) >= 11 is 0. The smallest absolute Gasteiger partial charge is 0.206 e. The van der Waals surface area contributed by atoms with Crippen LogP contribution in [-0.2, 0) is 20.0 Å². The van der Waals surface area contributed by atoms with E-state index in [4.69, 9.17) is 0 Å². The van der Waals surface area contributed by atoms with Crippen molar-refractivity contribution >= 4 is 20.0 Å². The van der Waals surface area contributed by atoms with Crippen LogP contribution >= 0.6 is 0 Å². The molecule has 0 aliphatic heterocycles. The van der Waals surface area contributed by atoms with Crippen molar-refractivity contribution < 1.29 is 46.4 Å². The molecule has 0 saturated carbocycles. The first kappa shape index (κ1) is 17.4. The number of hydrogen-bond donors (Lipinski definition) is 1. The molecule has 0 heterocycles. The van der Waals surface area contributed by atoms with E-state index in [0.717, 1.165) is 0 Å². The molecule has 2 aromatic carbocycles. The van der Waals surface area contributed by atoms with Crippen LogP contribution < -0.4 is 33.7 Å². The van der Waals surface area contributed by atoms with E-state index in [1.165, 1.54) is 48.5 Å². The Labute approximate surface area is 140 Å². The van der Waals surface area contributed by atoms with Gasteiger partial charge in [0.15, 0.2) is 0 Å². The van der Waals surface area contributed by atoms with Crippen LogP contribution in [0, 0.1) is 0 Å². The van der Waals surface area contributed by atoms with Crippen molar-refractivity contribution in [2.45, 2.75) is 9.79 Å². The van der Waals surface area contributed by atoms with Gasteiger partial charge in [0.1, 0.15) is 0 Å². The molecule has 2 rings (SSSR count). The van der Waals surface area contributed by atoms with E-state index in [1.807, 2.05) is 0 Å². The summed E-state index contributed by atoms with van der Waals surface area (Å²) in [5.74, 6) is 0. The van der Waals surface area contributed by atoms with Gasteiger partial charge in [0.25, 0.3) is 20.0 Å². The summed E-state index contributed by atoms with van der Waals surface area (Å²) in [4.78, 5) is -0.205. The van der Waals surface area contributed by atoms with Crippen LogP contribution in [-0.4, -0.2) is 16.8 Å². The van der Waals surface area contributed by atoms with E-state index < -0.39 is 20.0 Å². The maximum Gasteiger partial charge on any atom is 1.00 e. The Morgan fingerprint density at radius 2 is 0.900 bits per heavy atom. The molecule has 100 valence electrons. The number of sulfonamides is 2. The Hall–Kier alpha value is -0.700. The molecular formula is C12H11NNaO4S2+. The standard InChI is InChI=1S/C12H11NO4S2.Na/c14-18(15,11-7-3-1-4-8-11)13-19(16,17)12-9-5-2-6-10-12;/h1-10,13H;/q;+1. The molecule has 0 spiro atoms. The Bertz CT molecular complexity index is 692. The van der Waals surface area contributed by atoms with Gasteiger partial charge in [-0.05, 0) is 24.3 Å². The topological polar surface area (TPSA) is 80.3 Å². The van der Waals surface area contributed by atoms with Gasteiger partial charge < -0.3 is 0 Å². The van der Waals surface area contributed by atoms with Gasteiger partial charge in [-0.25, -0.2) is 16.8 Å². The number of rotatable bonds is 4. The minimum atomic E-state index is -4.10. The van der Waals surface area contributed by atoms with Crippen molar-refractivity contribution in [1.82, 2.24) is 4.13 Å². The predicted octanol–water partition coefficient (Wildman–Crippen LogP) is -1.64. The largest absolute Gasteiger partial charge is 1.00 e. The molecule has 0 aliphatic rings. The van der Waals surface area contributed by atoms with E-state index >= 15 is 0 Å². The molecule has 0 aliphatic carbocycles. The van der Waals surface area contributed by atoms with E-state index in [0.29, 0.717) is 0 Å². The van der Waals surface area contributed by atoms with Crippen LogP contribution in [0.1, 0.15) is 0 Å². The van der Waals surface area contributed by atoms with Gasteiger partial charge in [0.05, 0.1) is 9.79 Å². The molecule has 0 radical (unpaired) electrons. The monoisotopic (exact) mass is 320 g/mol. The van der Waals surface area contributed by atoms with Crippen LogP contribution in [0.25, 0.3) is 0 Å². The fourth-order valence-electron chi connectivity index (χ4n) is 1.44. The van der Waals surface area contributed by atoms with Gasteiger partial charge in [-0.1, -0.05) is 36.4 Å². The third-order valence-corrected chi connectivity index (χ3v) is 5.87. The zero-order chi connectivity index (χ0) is 13.9. The molecule has 2 aromatic rings. The van der Waals surface area contributed by atoms with Crippen LogP contribution in [0.3, 0.4) is 0 Å². The summed E-state index contributed by atoms with van der Waals surface area (Å²) in [6, 6.07) is 14.6. The molecular weight excluding hydrogens is 309 g/mol. The van der Waals surface area contributed by atoms with E-state index in [2.05, 4.69) is 0 Å². The molecule has 5 nitrogen and oxygen atoms in total. The molecule has 20 heavy (non-hydrogen) atoms. The Morgan fingerprint density at radius 1 is 0.600 bits per heavy atom. The Morgan fingerprint density at radius 3 is 1.20 bits per heavy atom. The number of nitrogens with one attached hydrogen (secondary N) is 1. The summed E-state index contributed by atoms with van der Waals surface area (Å²) < 4.78 is 49.4. The van der Waals surface area contributed by atoms with Gasteiger partial charge >= 0.3 is 29.6 Å². The third kappa shape index (κ3) is 4.15. The first-order valence-corrected chi connectivity index (χ1v) is 8.27. The van der Waals surface area contributed by atoms with E-state index in [1.54, 1.807) is 16.3 Å². The molecule has 0 bridgehead atoms. The van der Waals surface area contributed by atoms with Gasteiger partial charge in [0.2, 0.25) is 0 Å². The SMILES string of the molecule is O=S(=O)(NS(=O)(=O)c1ccccc1)c1ccccc1.[Na+]. The molecule has 0 aromatic heterocycles. The van der Waals surface area contributed by atoms with Crippen LogP contribution in [0.15, 0.2) is 70.5 Å². The summed E-state index contributed by atoms with van der Waals surface area (Å²) in [6.45, 7) is 0.